The number of piperazine rings is 1. The van der Waals surface area contributed by atoms with Gasteiger partial charge in [0, 0.05) is 61.1 Å². The monoisotopic (exact) mass is 563 g/mol. The van der Waals surface area contributed by atoms with Gasteiger partial charge in [-0.05, 0) is 43.3 Å². The van der Waals surface area contributed by atoms with Crippen LogP contribution in [0.3, 0.4) is 0 Å². The molecule has 2 amide bonds. The van der Waals surface area contributed by atoms with Crippen molar-refractivity contribution < 1.29 is 32.2 Å². The molecule has 39 heavy (non-hydrogen) atoms. The van der Waals surface area contributed by atoms with Crippen molar-refractivity contribution in [2.75, 3.05) is 50.0 Å². The predicted molar refractivity (Wildman–Crippen MR) is 142 cm³/mol. The van der Waals surface area contributed by atoms with E-state index in [0.717, 1.165) is 61.1 Å². The number of thiazole rings is 1. The first-order chi connectivity index (χ1) is 18.7. The van der Waals surface area contributed by atoms with Gasteiger partial charge in [0.1, 0.15) is 10.8 Å². The van der Waals surface area contributed by atoms with E-state index in [4.69, 9.17) is 9.72 Å². The Hall–Kier alpha value is -3.68. The van der Waals surface area contributed by atoms with Gasteiger partial charge >= 0.3 is 18.4 Å². The van der Waals surface area contributed by atoms with Crippen LogP contribution in [-0.2, 0) is 16.1 Å². The molecule has 2 aromatic carbocycles. The maximum absolute atomic E-state index is 12.4. The largest absolute Gasteiger partial charge is 0.573 e. The summed E-state index contributed by atoms with van der Waals surface area (Å²) in [4.78, 5) is 33.1. The van der Waals surface area contributed by atoms with E-state index in [1.165, 1.54) is 23.5 Å². The lowest BCUT2D eigenvalue weighted by Crippen LogP contribution is -2.47. The fourth-order valence-corrected chi connectivity index (χ4v) is 4.81. The molecule has 13 heteroatoms. The van der Waals surface area contributed by atoms with Crippen LogP contribution < -0.4 is 15.4 Å². The Morgan fingerprint density at radius 1 is 1.00 bits per heavy atom. The van der Waals surface area contributed by atoms with Crippen LogP contribution in [-0.4, -0.2) is 72.5 Å². The van der Waals surface area contributed by atoms with Gasteiger partial charge in [0.15, 0.2) is 0 Å². The molecule has 4 rings (SSSR count). The number of nitrogens with zero attached hydrogens (tertiary/aromatic N) is 3. The third kappa shape index (κ3) is 8.94. The van der Waals surface area contributed by atoms with Crippen molar-refractivity contribution in [1.82, 2.24) is 14.8 Å². The molecule has 2 heterocycles. The molecule has 0 saturated carbocycles. The lowest BCUT2D eigenvalue weighted by Gasteiger charge is -2.33. The minimum atomic E-state index is -4.82. The number of carbonyl (C=O) groups is 2. The number of anilines is 2. The Balaban J connectivity index is 1.25. The van der Waals surface area contributed by atoms with Crippen LogP contribution in [0.15, 0.2) is 53.9 Å². The highest BCUT2D eigenvalue weighted by atomic mass is 32.1. The van der Waals surface area contributed by atoms with Crippen molar-refractivity contribution in [3.05, 3.63) is 59.6 Å². The van der Waals surface area contributed by atoms with Crippen LogP contribution in [0, 0.1) is 0 Å². The third-order valence-electron chi connectivity index (χ3n) is 5.78. The number of halogens is 3. The number of hydrogen-bond acceptors (Lipinski definition) is 8. The summed E-state index contributed by atoms with van der Waals surface area (Å²) in [5.41, 5.74) is 2.53. The molecule has 0 radical (unpaired) electrons. The molecule has 0 aliphatic carbocycles. The molecule has 0 spiro atoms. The molecular weight excluding hydrogens is 535 g/mol. The predicted octanol–water partition coefficient (Wildman–Crippen LogP) is 5.03. The highest BCUT2D eigenvalue weighted by Crippen LogP contribution is 2.27. The summed E-state index contributed by atoms with van der Waals surface area (Å²) < 4.78 is 46.1. The van der Waals surface area contributed by atoms with Crippen molar-refractivity contribution in [2.24, 2.45) is 0 Å². The molecule has 0 unspecified atom stereocenters. The van der Waals surface area contributed by atoms with E-state index >= 15 is 0 Å². The van der Waals surface area contributed by atoms with E-state index in [9.17, 15) is 22.8 Å². The average molecular weight is 564 g/mol. The van der Waals surface area contributed by atoms with E-state index in [-0.39, 0.29) is 11.7 Å². The van der Waals surface area contributed by atoms with Gasteiger partial charge in [0.25, 0.3) is 0 Å². The average Bonchev–Trinajstić information content (AvgIpc) is 3.33. The quantitative estimate of drug-likeness (QED) is 0.353. The zero-order valence-corrected chi connectivity index (χ0v) is 22.0. The molecule has 1 aliphatic heterocycles. The van der Waals surface area contributed by atoms with Crippen molar-refractivity contribution in [1.29, 1.82) is 0 Å². The molecule has 0 atom stereocenters. The van der Waals surface area contributed by atoms with E-state index in [0.29, 0.717) is 18.8 Å². The summed E-state index contributed by atoms with van der Waals surface area (Å²) in [6, 6.07) is 11.5. The van der Waals surface area contributed by atoms with Crippen LogP contribution in [0.4, 0.5) is 29.3 Å². The summed E-state index contributed by atoms with van der Waals surface area (Å²) in [7, 11) is 0. The maximum Gasteiger partial charge on any atom is 0.573 e. The van der Waals surface area contributed by atoms with Crippen molar-refractivity contribution in [2.45, 2.75) is 19.8 Å². The summed E-state index contributed by atoms with van der Waals surface area (Å²) in [5.74, 6) is -0.620. The number of esters is 1. The second-order valence-electron chi connectivity index (χ2n) is 8.73. The van der Waals surface area contributed by atoms with E-state index < -0.39 is 18.1 Å². The first-order valence-corrected chi connectivity index (χ1v) is 13.1. The van der Waals surface area contributed by atoms with Gasteiger partial charge in [-0.25, -0.2) is 9.78 Å². The highest BCUT2D eigenvalue weighted by Gasteiger charge is 2.31. The van der Waals surface area contributed by atoms with Crippen LogP contribution in [0.2, 0.25) is 0 Å². The number of aromatic nitrogens is 1. The molecule has 208 valence electrons. The number of rotatable bonds is 9. The number of hydrogen-bond donors (Lipinski definition) is 2. The van der Waals surface area contributed by atoms with Gasteiger partial charge < -0.3 is 20.1 Å². The molecule has 1 saturated heterocycles. The Morgan fingerprint density at radius 3 is 2.38 bits per heavy atom. The minimum absolute atomic E-state index is 0.154. The summed E-state index contributed by atoms with van der Waals surface area (Å²) in [6.07, 6.45) is -4.82. The van der Waals surface area contributed by atoms with Gasteiger partial charge in [0.2, 0.25) is 0 Å². The van der Waals surface area contributed by atoms with Crippen LogP contribution in [0.1, 0.15) is 12.6 Å². The van der Waals surface area contributed by atoms with Crippen molar-refractivity contribution in [3.63, 3.8) is 0 Å². The van der Waals surface area contributed by atoms with Gasteiger partial charge in [-0.2, -0.15) is 0 Å². The molecule has 0 bridgehead atoms. The lowest BCUT2D eigenvalue weighted by atomic mass is 10.2. The summed E-state index contributed by atoms with van der Waals surface area (Å²) in [5, 5.41) is 8.01. The standard InChI is InChI=1S/C26H28F3N5O4S/c1-2-37-23(35)16-34-12-10-33(11-13-34)15-21-17-39-24(30-21)18-6-8-19(9-7-18)31-25(36)32-20-4-3-5-22(14-20)38-26(27,28)29/h3-9,14,17H,2,10-13,15-16H2,1H3,(H2,31,32,36). The number of benzene rings is 2. The minimum Gasteiger partial charge on any atom is -0.465 e. The molecule has 1 aromatic heterocycles. The first-order valence-electron chi connectivity index (χ1n) is 12.3. The third-order valence-corrected chi connectivity index (χ3v) is 6.72. The normalized spacial score (nSPS) is 14.6. The number of carbonyl (C=O) groups excluding carboxylic acids is 2. The number of amides is 2. The van der Waals surface area contributed by atoms with Crippen molar-refractivity contribution in [3.8, 4) is 16.3 Å². The highest BCUT2D eigenvalue weighted by molar-refractivity contribution is 7.13. The zero-order chi connectivity index (χ0) is 27.8. The Morgan fingerprint density at radius 2 is 1.69 bits per heavy atom. The Kier molecular flexibility index (Phi) is 9.38. The van der Waals surface area contributed by atoms with Crippen LogP contribution >= 0.6 is 11.3 Å². The Bertz CT molecular complexity index is 1260. The second-order valence-corrected chi connectivity index (χ2v) is 9.59. The summed E-state index contributed by atoms with van der Waals surface area (Å²) >= 11 is 1.53. The van der Waals surface area contributed by atoms with E-state index in [2.05, 4.69) is 25.2 Å². The topological polar surface area (TPSA) is 96.0 Å². The molecule has 2 N–H and O–H groups in total. The number of ether oxygens (including phenoxy) is 2. The molecule has 3 aromatic rings. The second kappa shape index (κ2) is 12.9. The van der Waals surface area contributed by atoms with Gasteiger partial charge in [-0.15, -0.1) is 24.5 Å². The molecule has 1 aliphatic rings. The fourth-order valence-electron chi connectivity index (χ4n) is 4.00. The fraction of sp³-hybridized carbons (Fsp3) is 0.346. The van der Waals surface area contributed by atoms with Crippen LogP contribution in [0.5, 0.6) is 5.75 Å². The van der Waals surface area contributed by atoms with Crippen molar-refractivity contribution >= 4 is 34.7 Å². The maximum atomic E-state index is 12.4. The number of alkyl halides is 3. The van der Waals surface area contributed by atoms with Gasteiger partial charge in [0.05, 0.1) is 18.8 Å². The van der Waals surface area contributed by atoms with Gasteiger partial charge in [-0.3, -0.25) is 14.6 Å². The molecule has 1 fully saturated rings. The number of urea groups is 1. The molecule has 9 nitrogen and oxygen atoms in total. The van der Waals surface area contributed by atoms with Crippen LogP contribution in [0.25, 0.3) is 10.6 Å². The SMILES string of the molecule is CCOC(=O)CN1CCN(Cc2csc(-c3ccc(NC(=O)Nc4cccc(OC(F)(F)F)c4)cc3)n2)CC1. The summed E-state index contributed by atoms with van der Waals surface area (Å²) in [6.45, 7) is 6.51. The molecular formula is C26H28F3N5O4S. The van der Waals surface area contributed by atoms with Gasteiger partial charge in [-0.1, -0.05) is 6.07 Å². The number of nitrogens with one attached hydrogen (secondary N) is 2. The van der Waals surface area contributed by atoms with E-state index in [1.54, 1.807) is 19.1 Å². The smallest absolute Gasteiger partial charge is 0.465 e. The van der Waals surface area contributed by atoms with E-state index in [1.807, 2.05) is 17.5 Å². The lowest BCUT2D eigenvalue weighted by molar-refractivity contribution is -0.274. The first kappa shape index (κ1) is 28.3. The zero-order valence-electron chi connectivity index (χ0n) is 21.2. The Labute approximate surface area is 227 Å².